The van der Waals surface area contributed by atoms with Gasteiger partial charge in [-0.2, -0.15) is 18.4 Å². The van der Waals surface area contributed by atoms with E-state index in [1.54, 1.807) is 12.3 Å². The van der Waals surface area contributed by atoms with Crippen LogP contribution in [0.1, 0.15) is 28.8 Å². The Morgan fingerprint density at radius 3 is 2.29 bits per heavy atom. The van der Waals surface area contributed by atoms with Crippen molar-refractivity contribution in [3.63, 3.8) is 0 Å². The summed E-state index contributed by atoms with van der Waals surface area (Å²) in [5.41, 5.74) is -1.67. The van der Waals surface area contributed by atoms with E-state index >= 15 is 0 Å². The maximum absolute atomic E-state index is 13.6. The smallest absolute Gasteiger partial charge is 0.297 e. The van der Waals surface area contributed by atoms with Gasteiger partial charge in [-0.1, -0.05) is 0 Å². The van der Waals surface area contributed by atoms with Crippen LogP contribution in [0.15, 0.2) is 21.9 Å². The van der Waals surface area contributed by atoms with Gasteiger partial charge in [-0.05, 0) is 37.5 Å². The summed E-state index contributed by atoms with van der Waals surface area (Å²) < 4.78 is 40.7. The number of ketones is 2. The average molecular weight is 373 g/mol. The fourth-order valence-electron chi connectivity index (χ4n) is 2.42. The maximum atomic E-state index is 13.6. The van der Waals surface area contributed by atoms with E-state index in [9.17, 15) is 22.8 Å². The Morgan fingerprint density at radius 1 is 1.25 bits per heavy atom. The lowest BCUT2D eigenvalue weighted by Crippen LogP contribution is -2.27. The molecule has 1 aromatic carbocycles. The fourth-order valence-corrected chi connectivity index (χ4v) is 4.11. The Hall–Kier alpha value is -1.46. The van der Waals surface area contributed by atoms with Gasteiger partial charge in [0.15, 0.2) is 17.5 Å². The number of nitriles is 1. The van der Waals surface area contributed by atoms with E-state index in [-0.39, 0.29) is 10.8 Å². The van der Waals surface area contributed by atoms with E-state index in [0.29, 0.717) is 17.7 Å². The van der Waals surface area contributed by atoms with Crippen LogP contribution in [-0.4, -0.2) is 24.1 Å². The molecule has 0 aliphatic heterocycles. The van der Waals surface area contributed by atoms with Gasteiger partial charge in [0, 0.05) is 21.3 Å². The third-order valence-corrected chi connectivity index (χ3v) is 5.49. The molecule has 1 unspecified atom stereocenters. The van der Waals surface area contributed by atoms with Crippen molar-refractivity contribution in [2.45, 2.75) is 28.8 Å². The molecule has 1 saturated carbocycles. The second-order valence-corrected chi connectivity index (χ2v) is 6.99. The van der Waals surface area contributed by atoms with E-state index in [0.717, 1.165) is 29.6 Å². The molecular formula is C16H14F3NO2S2. The SMILES string of the molecule is CSc1ccc(C(=O)C(C#N)C(=O)C2CC2)c(C(F)(F)F)c1SC. The minimum Gasteiger partial charge on any atom is -0.297 e. The van der Waals surface area contributed by atoms with Crippen LogP contribution in [0.2, 0.25) is 0 Å². The summed E-state index contributed by atoms with van der Waals surface area (Å²) >= 11 is 2.03. The number of alkyl halides is 3. The van der Waals surface area contributed by atoms with Crippen LogP contribution >= 0.6 is 23.5 Å². The first-order valence-electron chi connectivity index (χ1n) is 7.06. The minimum absolute atomic E-state index is 0.0589. The van der Waals surface area contributed by atoms with Crippen LogP contribution in [0.25, 0.3) is 0 Å². The van der Waals surface area contributed by atoms with Gasteiger partial charge in [-0.25, -0.2) is 0 Å². The van der Waals surface area contributed by atoms with Gasteiger partial charge < -0.3 is 0 Å². The van der Waals surface area contributed by atoms with Gasteiger partial charge in [0.2, 0.25) is 0 Å². The molecule has 128 valence electrons. The summed E-state index contributed by atoms with van der Waals surface area (Å²) in [6, 6.07) is 4.08. The van der Waals surface area contributed by atoms with Gasteiger partial charge >= 0.3 is 6.18 Å². The standard InChI is InChI=1S/C16H14F3NO2S2/c1-23-11-6-5-9(12(15(11)24-2)16(17,18)19)14(22)10(7-20)13(21)8-3-4-8/h5-6,8,10H,3-4H2,1-2H3. The van der Waals surface area contributed by atoms with Gasteiger partial charge in [0.25, 0.3) is 0 Å². The van der Waals surface area contributed by atoms with Crippen molar-refractivity contribution in [2.24, 2.45) is 11.8 Å². The maximum Gasteiger partial charge on any atom is 0.418 e. The first-order valence-corrected chi connectivity index (χ1v) is 9.50. The number of carbonyl (C=O) groups is 2. The highest BCUT2D eigenvalue weighted by Crippen LogP contribution is 2.43. The molecule has 24 heavy (non-hydrogen) atoms. The Kier molecular flexibility index (Phi) is 5.66. The second-order valence-electron chi connectivity index (χ2n) is 5.32. The fraction of sp³-hybridized carbons (Fsp3) is 0.438. The highest BCUT2D eigenvalue weighted by atomic mass is 32.2. The third kappa shape index (κ3) is 3.62. The van der Waals surface area contributed by atoms with Gasteiger partial charge in [-0.15, -0.1) is 23.5 Å². The number of carbonyl (C=O) groups excluding carboxylic acids is 2. The summed E-state index contributed by atoms with van der Waals surface area (Å²) in [6.07, 6.45) is -0.450. The highest BCUT2D eigenvalue weighted by Gasteiger charge is 2.43. The van der Waals surface area contributed by atoms with Gasteiger partial charge in [0.1, 0.15) is 0 Å². The lowest BCUT2D eigenvalue weighted by molar-refractivity contribution is -0.140. The zero-order valence-electron chi connectivity index (χ0n) is 12.9. The predicted molar refractivity (Wildman–Crippen MR) is 86.2 cm³/mol. The quantitative estimate of drug-likeness (QED) is 0.419. The molecule has 0 aromatic heterocycles. The number of benzene rings is 1. The van der Waals surface area contributed by atoms with Crippen LogP contribution in [0, 0.1) is 23.2 Å². The number of thioether (sulfide) groups is 2. The average Bonchev–Trinajstić information content (AvgIpc) is 3.37. The molecule has 0 amide bonds. The van der Waals surface area contributed by atoms with E-state index in [4.69, 9.17) is 5.26 Å². The largest absolute Gasteiger partial charge is 0.418 e. The third-order valence-electron chi connectivity index (χ3n) is 3.75. The molecule has 8 heteroatoms. The Labute approximate surface area is 146 Å². The number of nitrogens with zero attached hydrogens (tertiary/aromatic N) is 1. The zero-order chi connectivity index (χ0) is 18.1. The summed E-state index contributed by atoms with van der Waals surface area (Å²) in [7, 11) is 0. The van der Waals surface area contributed by atoms with Crippen molar-refractivity contribution < 1.29 is 22.8 Å². The molecule has 0 saturated heterocycles. The number of hydrogen-bond donors (Lipinski definition) is 0. The van der Waals surface area contributed by atoms with E-state index < -0.39 is 34.8 Å². The number of Topliss-reactive ketones (excluding diaryl/α,β-unsaturated/α-hetero) is 2. The molecule has 0 spiro atoms. The lowest BCUT2D eigenvalue weighted by Gasteiger charge is -2.19. The molecule has 0 bridgehead atoms. The van der Waals surface area contributed by atoms with Crippen LogP contribution in [0.3, 0.4) is 0 Å². The Bertz CT molecular complexity index is 721. The van der Waals surface area contributed by atoms with Crippen molar-refractivity contribution in [1.82, 2.24) is 0 Å². The first kappa shape index (κ1) is 18.9. The van der Waals surface area contributed by atoms with Crippen molar-refractivity contribution in [2.75, 3.05) is 12.5 Å². The van der Waals surface area contributed by atoms with Crippen LogP contribution in [-0.2, 0) is 11.0 Å². The van der Waals surface area contributed by atoms with Crippen LogP contribution in [0.4, 0.5) is 13.2 Å². The topological polar surface area (TPSA) is 57.9 Å². The molecule has 3 nitrogen and oxygen atoms in total. The van der Waals surface area contributed by atoms with Gasteiger partial charge in [0.05, 0.1) is 11.6 Å². The Morgan fingerprint density at radius 2 is 1.88 bits per heavy atom. The minimum atomic E-state index is -4.75. The molecule has 1 aliphatic rings. The molecule has 1 aromatic rings. The highest BCUT2D eigenvalue weighted by molar-refractivity contribution is 8.01. The summed E-state index contributed by atoms with van der Waals surface area (Å²) in [5.74, 6) is -3.69. The first-order chi connectivity index (χ1) is 11.3. The molecule has 2 rings (SSSR count). The normalized spacial score (nSPS) is 15.7. The molecular weight excluding hydrogens is 359 g/mol. The number of hydrogen-bond acceptors (Lipinski definition) is 5. The molecule has 0 heterocycles. The zero-order valence-corrected chi connectivity index (χ0v) is 14.6. The molecule has 1 fully saturated rings. The van der Waals surface area contributed by atoms with E-state index in [1.807, 2.05) is 0 Å². The Balaban J connectivity index is 2.58. The lowest BCUT2D eigenvalue weighted by atomic mass is 9.90. The van der Waals surface area contributed by atoms with Crippen molar-refractivity contribution >= 4 is 35.1 Å². The summed E-state index contributed by atoms with van der Waals surface area (Å²) in [6.45, 7) is 0. The van der Waals surface area contributed by atoms with E-state index in [1.165, 1.54) is 12.3 Å². The van der Waals surface area contributed by atoms with Crippen LogP contribution in [0.5, 0.6) is 0 Å². The monoisotopic (exact) mass is 373 g/mol. The van der Waals surface area contributed by atoms with Gasteiger partial charge in [-0.3, -0.25) is 9.59 Å². The van der Waals surface area contributed by atoms with Crippen molar-refractivity contribution in [3.8, 4) is 6.07 Å². The number of rotatable bonds is 6. The predicted octanol–water partition coefficient (Wildman–Crippen LogP) is 4.45. The molecule has 1 atom stereocenters. The molecule has 1 aliphatic carbocycles. The number of halogens is 3. The molecule has 0 radical (unpaired) electrons. The van der Waals surface area contributed by atoms with E-state index in [2.05, 4.69) is 0 Å². The van der Waals surface area contributed by atoms with Crippen LogP contribution < -0.4 is 0 Å². The van der Waals surface area contributed by atoms with Crippen molar-refractivity contribution in [3.05, 3.63) is 23.3 Å². The summed E-state index contributed by atoms with van der Waals surface area (Å²) in [4.78, 5) is 24.9. The van der Waals surface area contributed by atoms with Crippen molar-refractivity contribution in [1.29, 1.82) is 5.26 Å². The molecule has 0 N–H and O–H groups in total. The summed E-state index contributed by atoms with van der Waals surface area (Å²) in [5, 5.41) is 9.14. The second kappa shape index (κ2) is 7.19.